The van der Waals surface area contributed by atoms with E-state index in [1.165, 1.54) is 0 Å². The number of fused-ring (bicyclic) bond motifs is 1. The lowest BCUT2D eigenvalue weighted by atomic mass is 10.1. The van der Waals surface area contributed by atoms with Crippen LogP contribution >= 0.6 is 11.3 Å². The number of sulfonamides is 1. The summed E-state index contributed by atoms with van der Waals surface area (Å²) in [5, 5.41) is 1.97. The molecule has 120 valence electrons. The van der Waals surface area contributed by atoms with E-state index in [4.69, 9.17) is 0 Å². The number of benzene rings is 2. The molecule has 2 aromatic heterocycles. The number of hydrogen-bond acceptors (Lipinski definition) is 4. The minimum Gasteiger partial charge on any atom is -0.297 e. The van der Waals surface area contributed by atoms with Crippen LogP contribution in [0.4, 0.5) is 5.69 Å². The number of thiazole rings is 1. The third kappa shape index (κ3) is 2.79. The molecule has 4 aromatic rings. The Bertz CT molecular complexity index is 1070. The zero-order chi connectivity index (χ0) is 16.6. The normalized spacial score (nSPS) is 11.7. The number of imidazole rings is 1. The largest absolute Gasteiger partial charge is 0.297 e. The van der Waals surface area contributed by atoms with E-state index in [2.05, 4.69) is 9.71 Å². The quantitative estimate of drug-likeness (QED) is 0.604. The van der Waals surface area contributed by atoms with Gasteiger partial charge in [-0.15, -0.1) is 11.3 Å². The minimum absolute atomic E-state index is 0.234. The highest BCUT2D eigenvalue weighted by molar-refractivity contribution is 7.92. The third-order valence-electron chi connectivity index (χ3n) is 3.56. The Labute approximate surface area is 143 Å². The fourth-order valence-corrected chi connectivity index (χ4v) is 4.19. The van der Waals surface area contributed by atoms with Crippen molar-refractivity contribution in [3.05, 3.63) is 72.4 Å². The van der Waals surface area contributed by atoms with Crippen molar-refractivity contribution < 1.29 is 8.42 Å². The average molecular weight is 355 g/mol. The van der Waals surface area contributed by atoms with Crippen LogP contribution in [0, 0.1) is 0 Å². The summed E-state index contributed by atoms with van der Waals surface area (Å²) >= 11 is 1.55. The van der Waals surface area contributed by atoms with Crippen LogP contribution in [0.5, 0.6) is 0 Å². The van der Waals surface area contributed by atoms with Gasteiger partial charge >= 0.3 is 0 Å². The molecule has 0 atom stereocenters. The molecule has 7 heteroatoms. The second kappa shape index (κ2) is 5.77. The molecule has 1 N–H and O–H groups in total. The molecule has 0 saturated carbocycles. The Morgan fingerprint density at radius 2 is 1.88 bits per heavy atom. The number of anilines is 1. The van der Waals surface area contributed by atoms with Crippen molar-refractivity contribution in [3.8, 4) is 11.3 Å². The maximum atomic E-state index is 12.4. The number of rotatable bonds is 4. The zero-order valence-electron chi connectivity index (χ0n) is 12.5. The SMILES string of the molecule is O=S(=O)(Nc1cccc(-c2cn3ccsc3n2)c1)c1ccccc1. The number of nitrogens with zero attached hydrogens (tertiary/aromatic N) is 2. The maximum absolute atomic E-state index is 12.4. The molecular weight excluding hydrogens is 342 g/mol. The molecule has 5 nitrogen and oxygen atoms in total. The molecule has 0 aliphatic heterocycles. The summed E-state index contributed by atoms with van der Waals surface area (Å²) in [6, 6.07) is 15.5. The topological polar surface area (TPSA) is 63.5 Å². The van der Waals surface area contributed by atoms with Gasteiger partial charge in [0, 0.05) is 29.0 Å². The van der Waals surface area contributed by atoms with Gasteiger partial charge in [0.15, 0.2) is 4.96 Å². The zero-order valence-corrected chi connectivity index (χ0v) is 14.1. The Hall–Kier alpha value is -2.64. The summed E-state index contributed by atoms with van der Waals surface area (Å²) in [6.07, 6.45) is 3.87. The predicted octanol–water partition coefficient (Wildman–Crippen LogP) is 3.86. The number of aromatic nitrogens is 2. The van der Waals surface area contributed by atoms with Gasteiger partial charge in [0.2, 0.25) is 0 Å². The van der Waals surface area contributed by atoms with E-state index in [0.717, 1.165) is 16.2 Å². The van der Waals surface area contributed by atoms with E-state index in [1.807, 2.05) is 34.3 Å². The molecule has 0 saturated heterocycles. The number of hydrogen-bond donors (Lipinski definition) is 1. The van der Waals surface area contributed by atoms with Crippen molar-refractivity contribution in [1.82, 2.24) is 9.38 Å². The molecule has 0 fully saturated rings. The molecule has 0 spiro atoms. The molecule has 24 heavy (non-hydrogen) atoms. The van der Waals surface area contributed by atoms with Gasteiger partial charge in [-0.2, -0.15) is 0 Å². The highest BCUT2D eigenvalue weighted by Crippen LogP contribution is 2.25. The fourth-order valence-electron chi connectivity index (χ4n) is 2.42. The molecular formula is C17H13N3O2S2. The molecule has 0 amide bonds. The Morgan fingerprint density at radius 1 is 1.04 bits per heavy atom. The highest BCUT2D eigenvalue weighted by atomic mass is 32.2. The van der Waals surface area contributed by atoms with E-state index in [0.29, 0.717) is 5.69 Å². The van der Waals surface area contributed by atoms with Crippen molar-refractivity contribution in [1.29, 1.82) is 0 Å². The average Bonchev–Trinajstić information content (AvgIpc) is 3.17. The lowest BCUT2D eigenvalue weighted by molar-refractivity contribution is 0.601. The van der Waals surface area contributed by atoms with Crippen molar-refractivity contribution in [3.63, 3.8) is 0 Å². The Kier molecular flexibility index (Phi) is 3.59. The monoisotopic (exact) mass is 355 g/mol. The summed E-state index contributed by atoms with van der Waals surface area (Å²) in [7, 11) is -3.60. The van der Waals surface area contributed by atoms with E-state index in [9.17, 15) is 8.42 Å². The molecule has 0 aliphatic carbocycles. The van der Waals surface area contributed by atoms with Crippen LogP contribution in [0.15, 0.2) is 77.3 Å². The predicted molar refractivity (Wildman–Crippen MR) is 95.8 cm³/mol. The van der Waals surface area contributed by atoms with Gasteiger partial charge in [0.05, 0.1) is 10.6 Å². The molecule has 0 radical (unpaired) electrons. The molecule has 0 unspecified atom stereocenters. The second-order valence-corrected chi connectivity index (χ2v) is 7.77. The van der Waals surface area contributed by atoms with Gasteiger partial charge in [0.25, 0.3) is 10.0 Å². The lowest BCUT2D eigenvalue weighted by Gasteiger charge is -2.09. The molecule has 0 bridgehead atoms. The first-order valence-corrected chi connectivity index (χ1v) is 9.59. The van der Waals surface area contributed by atoms with Crippen LogP contribution in [0.1, 0.15) is 0 Å². The van der Waals surface area contributed by atoms with Crippen LogP contribution < -0.4 is 4.72 Å². The van der Waals surface area contributed by atoms with Gasteiger partial charge in [0.1, 0.15) is 0 Å². The van der Waals surface area contributed by atoms with Gasteiger partial charge < -0.3 is 0 Å². The van der Waals surface area contributed by atoms with E-state index >= 15 is 0 Å². The molecule has 2 heterocycles. The number of nitrogens with one attached hydrogen (secondary N) is 1. The highest BCUT2D eigenvalue weighted by Gasteiger charge is 2.14. The maximum Gasteiger partial charge on any atom is 0.261 e. The molecule has 0 aliphatic rings. The first-order chi connectivity index (χ1) is 11.6. The van der Waals surface area contributed by atoms with Crippen LogP contribution in [0.2, 0.25) is 0 Å². The summed E-state index contributed by atoms with van der Waals surface area (Å²) < 4.78 is 29.4. The van der Waals surface area contributed by atoms with Crippen molar-refractivity contribution in [2.24, 2.45) is 0 Å². The van der Waals surface area contributed by atoms with Gasteiger partial charge in [-0.3, -0.25) is 9.12 Å². The lowest BCUT2D eigenvalue weighted by Crippen LogP contribution is -2.12. The smallest absolute Gasteiger partial charge is 0.261 e. The first kappa shape index (κ1) is 14.9. The fraction of sp³-hybridized carbons (Fsp3) is 0. The standard InChI is InChI=1S/C17H13N3O2S2/c21-24(22,15-7-2-1-3-8-15)19-14-6-4-5-13(11-14)16-12-20-9-10-23-17(20)18-16/h1-12,19H. The van der Waals surface area contributed by atoms with Gasteiger partial charge in [-0.1, -0.05) is 30.3 Å². The van der Waals surface area contributed by atoms with Crippen molar-refractivity contribution in [2.45, 2.75) is 4.90 Å². The Morgan fingerprint density at radius 3 is 2.67 bits per heavy atom. The van der Waals surface area contributed by atoms with Crippen LogP contribution in [0.25, 0.3) is 16.2 Å². The summed E-state index contributed by atoms with van der Waals surface area (Å²) in [4.78, 5) is 5.68. The van der Waals surface area contributed by atoms with Gasteiger partial charge in [-0.25, -0.2) is 13.4 Å². The van der Waals surface area contributed by atoms with E-state index < -0.39 is 10.0 Å². The van der Waals surface area contributed by atoms with E-state index in [-0.39, 0.29) is 4.90 Å². The molecule has 4 rings (SSSR count). The summed E-state index contributed by atoms with van der Waals surface area (Å²) in [6.45, 7) is 0. The van der Waals surface area contributed by atoms with Crippen molar-refractivity contribution >= 4 is 32.0 Å². The van der Waals surface area contributed by atoms with Crippen molar-refractivity contribution in [2.75, 3.05) is 4.72 Å². The van der Waals surface area contributed by atoms with Crippen LogP contribution in [0.3, 0.4) is 0 Å². The summed E-state index contributed by atoms with van der Waals surface area (Å²) in [5.74, 6) is 0. The first-order valence-electron chi connectivity index (χ1n) is 7.22. The minimum atomic E-state index is -3.60. The Balaban J connectivity index is 1.67. The van der Waals surface area contributed by atoms with Crippen LogP contribution in [-0.4, -0.2) is 17.8 Å². The second-order valence-electron chi connectivity index (χ2n) is 5.22. The van der Waals surface area contributed by atoms with Gasteiger partial charge in [-0.05, 0) is 24.3 Å². The summed E-state index contributed by atoms with van der Waals surface area (Å²) in [5.41, 5.74) is 2.18. The van der Waals surface area contributed by atoms with E-state index in [1.54, 1.807) is 53.8 Å². The third-order valence-corrected chi connectivity index (χ3v) is 5.73. The molecule has 2 aromatic carbocycles. The van der Waals surface area contributed by atoms with Crippen LogP contribution in [-0.2, 0) is 10.0 Å².